The van der Waals surface area contributed by atoms with Crippen LogP contribution in [0.3, 0.4) is 0 Å². The first-order valence-electron chi connectivity index (χ1n) is 6.29. The number of carboxylic acids is 1. The van der Waals surface area contributed by atoms with Crippen molar-refractivity contribution in [2.75, 3.05) is 14.2 Å². The Labute approximate surface area is 126 Å². The maximum atomic E-state index is 12.1. The minimum Gasteiger partial charge on any atom is -0.493 e. The molecule has 9 heteroatoms. The van der Waals surface area contributed by atoms with E-state index in [-0.39, 0.29) is 23.5 Å². The molecule has 0 aliphatic rings. The molecule has 1 aromatic rings. The zero-order valence-electron chi connectivity index (χ0n) is 12.3. The van der Waals surface area contributed by atoms with Gasteiger partial charge in [0.25, 0.3) is 11.6 Å². The highest BCUT2D eigenvalue weighted by atomic mass is 16.6. The number of ether oxygens (including phenoxy) is 2. The molecule has 22 heavy (non-hydrogen) atoms. The van der Waals surface area contributed by atoms with E-state index in [9.17, 15) is 19.7 Å². The average Bonchev–Trinajstić information content (AvgIpc) is 2.50. The van der Waals surface area contributed by atoms with Gasteiger partial charge in [-0.1, -0.05) is 6.92 Å². The van der Waals surface area contributed by atoms with Crippen LogP contribution in [0.1, 0.15) is 23.7 Å². The van der Waals surface area contributed by atoms with Crippen molar-refractivity contribution >= 4 is 17.6 Å². The van der Waals surface area contributed by atoms with Crippen LogP contribution < -0.4 is 14.8 Å². The third-order valence-corrected chi connectivity index (χ3v) is 2.95. The van der Waals surface area contributed by atoms with E-state index < -0.39 is 28.5 Å². The number of carbonyl (C=O) groups is 2. The molecule has 0 heterocycles. The number of nitro benzene ring substituents is 1. The molecular weight excluding hydrogens is 296 g/mol. The summed E-state index contributed by atoms with van der Waals surface area (Å²) in [5, 5.41) is 22.3. The first kappa shape index (κ1) is 17.2. The molecule has 0 saturated heterocycles. The molecule has 120 valence electrons. The first-order valence-corrected chi connectivity index (χ1v) is 6.29. The second-order valence-electron chi connectivity index (χ2n) is 4.25. The number of carboxylic acid groups (broad SMARTS) is 1. The smallest absolute Gasteiger partial charge is 0.326 e. The molecule has 0 fully saturated rings. The summed E-state index contributed by atoms with van der Waals surface area (Å²) in [6.07, 6.45) is 0.141. The van der Waals surface area contributed by atoms with E-state index in [1.54, 1.807) is 6.92 Å². The van der Waals surface area contributed by atoms with E-state index in [0.29, 0.717) is 0 Å². The van der Waals surface area contributed by atoms with Crippen molar-refractivity contribution in [1.82, 2.24) is 5.32 Å². The second-order valence-corrected chi connectivity index (χ2v) is 4.25. The Bertz CT molecular complexity index is 600. The maximum Gasteiger partial charge on any atom is 0.326 e. The Balaban J connectivity index is 3.29. The van der Waals surface area contributed by atoms with Gasteiger partial charge in [-0.15, -0.1) is 0 Å². The minimum absolute atomic E-state index is 0.0935. The largest absolute Gasteiger partial charge is 0.493 e. The quantitative estimate of drug-likeness (QED) is 0.572. The second kappa shape index (κ2) is 7.25. The summed E-state index contributed by atoms with van der Waals surface area (Å²) in [5.41, 5.74) is -0.808. The van der Waals surface area contributed by atoms with Crippen molar-refractivity contribution in [2.24, 2.45) is 0 Å². The van der Waals surface area contributed by atoms with Gasteiger partial charge in [-0.25, -0.2) is 4.79 Å². The van der Waals surface area contributed by atoms with Gasteiger partial charge in [-0.05, 0) is 6.42 Å². The van der Waals surface area contributed by atoms with Crippen molar-refractivity contribution in [3.05, 3.63) is 27.8 Å². The van der Waals surface area contributed by atoms with Crippen LogP contribution in [-0.2, 0) is 4.79 Å². The number of aliphatic carboxylic acids is 1. The van der Waals surface area contributed by atoms with Crippen LogP contribution in [0.25, 0.3) is 0 Å². The van der Waals surface area contributed by atoms with Crippen LogP contribution in [0.2, 0.25) is 0 Å². The predicted octanol–water partition coefficient (Wildman–Crippen LogP) is 1.20. The highest BCUT2D eigenvalue weighted by Gasteiger charge is 2.27. The highest BCUT2D eigenvalue weighted by Crippen LogP contribution is 2.34. The topological polar surface area (TPSA) is 128 Å². The molecule has 1 unspecified atom stereocenters. The standard InChI is InChI=1S/C13H16N2O7/c1-4-8(13(17)18)14-12(16)7-5-10(21-2)11(22-3)6-9(7)15(19)20/h5-6,8H,4H2,1-3H3,(H,14,16)(H,17,18). The van der Waals surface area contributed by atoms with Crippen LogP contribution in [0.5, 0.6) is 11.5 Å². The number of carbonyl (C=O) groups excluding carboxylic acids is 1. The molecule has 1 amide bonds. The molecule has 0 aliphatic carbocycles. The number of amides is 1. The number of rotatable bonds is 7. The Hall–Kier alpha value is -2.84. The molecule has 1 atom stereocenters. The third kappa shape index (κ3) is 3.62. The monoisotopic (exact) mass is 312 g/mol. The summed E-state index contributed by atoms with van der Waals surface area (Å²) < 4.78 is 9.94. The summed E-state index contributed by atoms with van der Waals surface area (Å²) >= 11 is 0. The van der Waals surface area contributed by atoms with Crippen LogP contribution >= 0.6 is 0 Å². The van der Waals surface area contributed by atoms with Gasteiger partial charge in [0, 0.05) is 6.07 Å². The van der Waals surface area contributed by atoms with E-state index in [4.69, 9.17) is 14.6 Å². The van der Waals surface area contributed by atoms with Gasteiger partial charge in [0.15, 0.2) is 11.5 Å². The summed E-state index contributed by atoms with van der Waals surface area (Å²) in [5.74, 6) is -1.88. The number of nitro groups is 1. The highest BCUT2D eigenvalue weighted by molar-refractivity contribution is 6.00. The van der Waals surface area contributed by atoms with Crippen molar-refractivity contribution < 1.29 is 29.1 Å². The Kier molecular flexibility index (Phi) is 5.67. The molecule has 9 nitrogen and oxygen atoms in total. The van der Waals surface area contributed by atoms with Crippen molar-refractivity contribution in [3.63, 3.8) is 0 Å². The lowest BCUT2D eigenvalue weighted by Gasteiger charge is -2.14. The van der Waals surface area contributed by atoms with Crippen LogP contribution in [0, 0.1) is 10.1 Å². The number of benzene rings is 1. The molecular formula is C13H16N2O7. The Morgan fingerprint density at radius 2 is 1.86 bits per heavy atom. The molecule has 0 aliphatic heterocycles. The lowest BCUT2D eigenvalue weighted by Crippen LogP contribution is -2.40. The molecule has 1 aromatic carbocycles. The summed E-state index contributed by atoms with van der Waals surface area (Å²) in [7, 11) is 2.62. The number of nitrogens with zero attached hydrogens (tertiary/aromatic N) is 1. The molecule has 0 saturated carbocycles. The van der Waals surface area contributed by atoms with Gasteiger partial charge in [0.1, 0.15) is 11.6 Å². The average molecular weight is 312 g/mol. The van der Waals surface area contributed by atoms with Crippen molar-refractivity contribution in [1.29, 1.82) is 0 Å². The zero-order valence-corrected chi connectivity index (χ0v) is 12.3. The van der Waals surface area contributed by atoms with Crippen LogP contribution in [0.4, 0.5) is 5.69 Å². The van der Waals surface area contributed by atoms with Gasteiger partial charge in [0.05, 0.1) is 25.2 Å². The fourth-order valence-electron chi connectivity index (χ4n) is 1.78. The molecule has 2 N–H and O–H groups in total. The minimum atomic E-state index is -1.22. The van der Waals surface area contributed by atoms with Crippen LogP contribution in [-0.4, -0.2) is 42.2 Å². The van der Waals surface area contributed by atoms with E-state index in [0.717, 1.165) is 12.1 Å². The van der Waals surface area contributed by atoms with Gasteiger partial charge >= 0.3 is 5.97 Å². The summed E-state index contributed by atoms with van der Waals surface area (Å²) in [4.78, 5) is 33.4. The zero-order chi connectivity index (χ0) is 16.9. The fourth-order valence-corrected chi connectivity index (χ4v) is 1.78. The maximum absolute atomic E-state index is 12.1. The van der Waals surface area contributed by atoms with Gasteiger partial charge in [-0.3, -0.25) is 14.9 Å². The van der Waals surface area contributed by atoms with E-state index in [2.05, 4.69) is 5.32 Å². The molecule has 1 rings (SSSR count). The van der Waals surface area contributed by atoms with E-state index >= 15 is 0 Å². The Morgan fingerprint density at radius 1 is 1.32 bits per heavy atom. The number of methoxy groups -OCH3 is 2. The van der Waals surface area contributed by atoms with Crippen LogP contribution in [0.15, 0.2) is 12.1 Å². The predicted molar refractivity (Wildman–Crippen MR) is 75.4 cm³/mol. The first-order chi connectivity index (χ1) is 10.3. The molecule has 0 spiro atoms. The molecule has 0 radical (unpaired) electrons. The number of nitrogens with one attached hydrogen (secondary N) is 1. The SMILES string of the molecule is CCC(NC(=O)c1cc(OC)c(OC)cc1[N+](=O)[O-])C(=O)O. The van der Waals surface area contributed by atoms with E-state index in [1.165, 1.54) is 14.2 Å². The Morgan fingerprint density at radius 3 is 2.27 bits per heavy atom. The van der Waals surface area contributed by atoms with Gasteiger partial charge in [-0.2, -0.15) is 0 Å². The van der Waals surface area contributed by atoms with Gasteiger partial charge < -0.3 is 19.9 Å². The van der Waals surface area contributed by atoms with Crippen molar-refractivity contribution in [3.8, 4) is 11.5 Å². The lowest BCUT2D eigenvalue weighted by atomic mass is 10.1. The molecule has 0 aromatic heterocycles. The number of hydrogen-bond donors (Lipinski definition) is 2. The molecule has 0 bridgehead atoms. The fraction of sp³-hybridized carbons (Fsp3) is 0.385. The third-order valence-electron chi connectivity index (χ3n) is 2.95. The van der Waals surface area contributed by atoms with Gasteiger partial charge in [0.2, 0.25) is 0 Å². The summed E-state index contributed by atoms with van der Waals surface area (Å²) in [6.45, 7) is 1.57. The summed E-state index contributed by atoms with van der Waals surface area (Å²) in [6, 6.07) is 1.05. The van der Waals surface area contributed by atoms with E-state index in [1.807, 2.05) is 0 Å². The number of hydrogen-bond acceptors (Lipinski definition) is 6. The lowest BCUT2D eigenvalue weighted by molar-refractivity contribution is -0.385. The normalized spacial score (nSPS) is 11.4. The van der Waals surface area contributed by atoms with Crippen molar-refractivity contribution in [2.45, 2.75) is 19.4 Å².